The predicted octanol–water partition coefficient (Wildman–Crippen LogP) is 2.72. The molecule has 1 aromatic carbocycles. The maximum atomic E-state index is 5.70. The molecule has 2 rings (SSSR count). The highest BCUT2D eigenvalue weighted by molar-refractivity contribution is 8.00. The highest BCUT2D eigenvalue weighted by Gasteiger charge is 2.01. The molecule has 78 valence electrons. The minimum Gasteiger partial charge on any atom is -0.399 e. The van der Waals surface area contributed by atoms with Crippen molar-refractivity contribution in [1.82, 2.24) is 9.36 Å². The third-order valence-electron chi connectivity index (χ3n) is 1.82. The maximum absolute atomic E-state index is 5.70. The van der Waals surface area contributed by atoms with Gasteiger partial charge in [-0.05, 0) is 36.2 Å². The fourth-order valence-corrected chi connectivity index (χ4v) is 2.75. The van der Waals surface area contributed by atoms with Gasteiger partial charge in [-0.2, -0.15) is 4.37 Å². The quantitative estimate of drug-likeness (QED) is 0.658. The average molecular weight is 237 g/mol. The summed E-state index contributed by atoms with van der Waals surface area (Å²) in [5.74, 6) is 1.73. The first-order valence-corrected chi connectivity index (χ1v) is 6.27. The number of nitrogens with zero attached hydrogens (tertiary/aromatic N) is 2. The van der Waals surface area contributed by atoms with E-state index in [0.717, 1.165) is 21.6 Å². The number of nitrogen functional groups attached to an aromatic ring is 1. The number of hydrogen-bond donors (Lipinski definition) is 1. The molecule has 15 heavy (non-hydrogen) atoms. The van der Waals surface area contributed by atoms with Gasteiger partial charge in [0, 0.05) is 11.4 Å². The van der Waals surface area contributed by atoms with Crippen molar-refractivity contribution in [1.29, 1.82) is 0 Å². The fourth-order valence-electron chi connectivity index (χ4n) is 1.16. The van der Waals surface area contributed by atoms with Crippen molar-refractivity contribution in [3.8, 4) is 0 Å². The summed E-state index contributed by atoms with van der Waals surface area (Å²) in [7, 11) is 0. The lowest BCUT2D eigenvalue weighted by Crippen LogP contribution is -1.86. The minimum absolute atomic E-state index is 0.807. The molecule has 0 fully saturated rings. The van der Waals surface area contributed by atoms with Crippen molar-refractivity contribution in [2.24, 2.45) is 0 Å². The summed E-state index contributed by atoms with van der Waals surface area (Å²) in [6.45, 7) is 1.90. The molecule has 0 saturated carbocycles. The Balaban J connectivity index is 1.99. The van der Waals surface area contributed by atoms with Gasteiger partial charge < -0.3 is 5.73 Å². The Labute approximate surface area is 96.9 Å². The highest BCUT2D eigenvalue weighted by atomic mass is 32.2. The van der Waals surface area contributed by atoms with Crippen LogP contribution in [-0.2, 0) is 5.75 Å². The van der Waals surface area contributed by atoms with Crippen molar-refractivity contribution in [2.45, 2.75) is 17.0 Å². The van der Waals surface area contributed by atoms with Crippen molar-refractivity contribution in [2.75, 3.05) is 5.73 Å². The third kappa shape index (κ3) is 2.94. The molecule has 0 unspecified atom stereocenters. The van der Waals surface area contributed by atoms with Gasteiger partial charge in [0.25, 0.3) is 0 Å². The Morgan fingerprint density at radius 3 is 3.00 bits per heavy atom. The summed E-state index contributed by atoms with van der Waals surface area (Å²) in [5.41, 5.74) is 7.72. The third-order valence-corrected chi connectivity index (χ3v) is 3.82. The largest absolute Gasteiger partial charge is 0.399 e. The molecule has 2 aromatic rings. The highest BCUT2D eigenvalue weighted by Crippen LogP contribution is 2.24. The SMILES string of the molecule is Cc1nsc(SCc2cccc(N)c2)n1. The molecule has 1 aromatic heterocycles. The molecular formula is C10H11N3S2. The van der Waals surface area contributed by atoms with Crippen LogP contribution in [0.2, 0.25) is 0 Å². The van der Waals surface area contributed by atoms with Crippen molar-refractivity contribution in [3.63, 3.8) is 0 Å². The molecule has 3 nitrogen and oxygen atoms in total. The summed E-state index contributed by atoms with van der Waals surface area (Å²) in [6.07, 6.45) is 0. The van der Waals surface area contributed by atoms with E-state index in [1.807, 2.05) is 25.1 Å². The van der Waals surface area contributed by atoms with Crippen molar-refractivity contribution < 1.29 is 0 Å². The van der Waals surface area contributed by atoms with Gasteiger partial charge in [-0.3, -0.25) is 0 Å². The zero-order valence-electron chi connectivity index (χ0n) is 8.30. The Kier molecular flexibility index (Phi) is 3.23. The van der Waals surface area contributed by atoms with E-state index in [1.54, 1.807) is 11.8 Å². The molecule has 5 heteroatoms. The second-order valence-corrected chi connectivity index (χ2v) is 5.12. The first-order chi connectivity index (χ1) is 7.24. The Bertz CT molecular complexity index is 453. The Morgan fingerprint density at radius 2 is 2.33 bits per heavy atom. The van der Waals surface area contributed by atoms with E-state index in [1.165, 1.54) is 17.1 Å². The Hall–Kier alpha value is -1.07. The van der Waals surface area contributed by atoms with E-state index in [4.69, 9.17) is 5.73 Å². The standard InChI is InChI=1S/C10H11N3S2/c1-7-12-10(15-13-7)14-6-8-3-2-4-9(11)5-8/h2-5H,6,11H2,1H3. The van der Waals surface area contributed by atoms with E-state index >= 15 is 0 Å². The van der Waals surface area contributed by atoms with Gasteiger partial charge in [0.2, 0.25) is 0 Å². The maximum Gasteiger partial charge on any atom is 0.170 e. The zero-order chi connectivity index (χ0) is 10.7. The second kappa shape index (κ2) is 4.63. The molecule has 0 amide bonds. The molecule has 0 aliphatic heterocycles. The summed E-state index contributed by atoms with van der Waals surface area (Å²) < 4.78 is 5.14. The second-order valence-electron chi connectivity index (χ2n) is 3.14. The molecule has 2 N–H and O–H groups in total. The lowest BCUT2D eigenvalue weighted by atomic mass is 10.2. The van der Waals surface area contributed by atoms with Gasteiger partial charge in [0.1, 0.15) is 5.82 Å². The molecule has 0 radical (unpaired) electrons. The van der Waals surface area contributed by atoms with Gasteiger partial charge in [-0.25, -0.2) is 4.98 Å². The number of rotatable bonds is 3. The van der Waals surface area contributed by atoms with E-state index in [9.17, 15) is 0 Å². The van der Waals surface area contributed by atoms with Crippen LogP contribution in [0.1, 0.15) is 11.4 Å². The summed E-state index contributed by atoms with van der Waals surface area (Å²) in [5, 5.41) is 0. The first-order valence-electron chi connectivity index (χ1n) is 4.51. The minimum atomic E-state index is 0.807. The number of hydrogen-bond acceptors (Lipinski definition) is 5. The molecule has 1 heterocycles. The fraction of sp³-hybridized carbons (Fsp3) is 0.200. The van der Waals surface area contributed by atoms with Crippen molar-refractivity contribution >= 4 is 29.0 Å². The predicted molar refractivity (Wildman–Crippen MR) is 65.1 cm³/mol. The number of thioether (sulfide) groups is 1. The number of aromatic nitrogens is 2. The number of nitrogens with two attached hydrogens (primary N) is 1. The van der Waals surface area contributed by atoms with Gasteiger partial charge in [0.05, 0.1) is 0 Å². The number of benzene rings is 1. The van der Waals surface area contributed by atoms with E-state index < -0.39 is 0 Å². The molecule has 0 aliphatic rings. The van der Waals surface area contributed by atoms with Crippen LogP contribution in [0.5, 0.6) is 0 Å². The van der Waals surface area contributed by atoms with E-state index in [0.29, 0.717) is 0 Å². The molecule has 0 spiro atoms. The molecule has 0 bridgehead atoms. The van der Waals surface area contributed by atoms with Crippen LogP contribution < -0.4 is 5.73 Å². The van der Waals surface area contributed by atoms with E-state index in [-0.39, 0.29) is 0 Å². The molecule has 0 atom stereocenters. The van der Waals surface area contributed by atoms with Crippen LogP contribution in [-0.4, -0.2) is 9.36 Å². The lowest BCUT2D eigenvalue weighted by molar-refractivity contribution is 1.10. The smallest absolute Gasteiger partial charge is 0.170 e. The Morgan fingerprint density at radius 1 is 1.47 bits per heavy atom. The van der Waals surface area contributed by atoms with Gasteiger partial charge in [-0.15, -0.1) is 0 Å². The number of anilines is 1. The van der Waals surface area contributed by atoms with Crippen LogP contribution in [0.25, 0.3) is 0 Å². The summed E-state index contributed by atoms with van der Waals surface area (Å²) >= 11 is 3.14. The number of aryl methyl sites for hydroxylation is 1. The van der Waals surface area contributed by atoms with Gasteiger partial charge in [0.15, 0.2) is 4.34 Å². The van der Waals surface area contributed by atoms with Crippen LogP contribution >= 0.6 is 23.3 Å². The van der Waals surface area contributed by atoms with Gasteiger partial charge in [-0.1, -0.05) is 23.9 Å². The molecular weight excluding hydrogens is 226 g/mol. The lowest BCUT2D eigenvalue weighted by Gasteiger charge is -1.99. The van der Waals surface area contributed by atoms with Crippen LogP contribution in [0.3, 0.4) is 0 Å². The average Bonchev–Trinajstić information content (AvgIpc) is 2.62. The molecule has 0 saturated heterocycles. The van der Waals surface area contributed by atoms with E-state index in [2.05, 4.69) is 15.4 Å². The van der Waals surface area contributed by atoms with Crippen LogP contribution in [0.4, 0.5) is 5.69 Å². The van der Waals surface area contributed by atoms with Gasteiger partial charge >= 0.3 is 0 Å². The summed E-state index contributed by atoms with van der Waals surface area (Å²) in [6, 6.07) is 7.91. The molecule has 0 aliphatic carbocycles. The zero-order valence-corrected chi connectivity index (χ0v) is 9.94. The normalized spacial score (nSPS) is 10.5. The monoisotopic (exact) mass is 237 g/mol. The topological polar surface area (TPSA) is 51.8 Å². The first kappa shape index (κ1) is 10.4. The van der Waals surface area contributed by atoms with Crippen LogP contribution in [0, 0.1) is 6.92 Å². The summed E-state index contributed by atoms with van der Waals surface area (Å²) in [4.78, 5) is 4.29. The van der Waals surface area contributed by atoms with Crippen molar-refractivity contribution in [3.05, 3.63) is 35.7 Å². The van der Waals surface area contributed by atoms with Crippen LogP contribution in [0.15, 0.2) is 28.6 Å².